The van der Waals surface area contributed by atoms with Gasteiger partial charge >= 0.3 is 0 Å². The zero-order valence-electron chi connectivity index (χ0n) is 15.2. The Balaban J connectivity index is 1.56. The third kappa shape index (κ3) is 5.68. The fourth-order valence-corrected chi connectivity index (χ4v) is 3.39. The van der Waals surface area contributed by atoms with Crippen molar-refractivity contribution in [1.29, 1.82) is 0 Å². The summed E-state index contributed by atoms with van der Waals surface area (Å²) < 4.78 is 31.1. The molecule has 0 heterocycles. The standard InChI is InChI=1S/C21H19BrN2O3S/c1-16-2-12-21(13-3-16)28(25,26)24-23-14-17-6-10-20(11-7-17)27-15-18-4-8-19(22)9-5-18/h2-14,24H,15H2,1H3. The second-order valence-corrected chi connectivity index (χ2v) is 8.73. The molecule has 3 rings (SSSR count). The zero-order chi connectivity index (χ0) is 20.0. The summed E-state index contributed by atoms with van der Waals surface area (Å²) in [5.41, 5.74) is 2.81. The molecular formula is C21H19BrN2O3S. The lowest BCUT2D eigenvalue weighted by molar-refractivity contribution is 0.306. The highest BCUT2D eigenvalue weighted by molar-refractivity contribution is 9.10. The first-order valence-corrected chi connectivity index (χ1v) is 10.8. The number of hydrogen-bond donors (Lipinski definition) is 1. The van der Waals surface area contributed by atoms with Gasteiger partial charge in [-0.3, -0.25) is 0 Å². The number of hydrazone groups is 1. The molecule has 0 aliphatic heterocycles. The lowest BCUT2D eigenvalue weighted by atomic mass is 10.2. The van der Waals surface area contributed by atoms with Crippen LogP contribution in [0.1, 0.15) is 16.7 Å². The number of nitrogens with zero attached hydrogens (tertiary/aromatic N) is 1. The number of nitrogens with one attached hydrogen (secondary N) is 1. The number of ether oxygens (including phenoxy) is 1. The minimum atomic E-state index is -3.67. The number of benzene rings is 3. The molecule has 0 atom stereocenters. The number of sulfonamides is 1. The normalized spacial score (nSPS) is 11.5. The van der Waals surface area contributed by atoms with E-state index in [0.717, 1.165) is 26.9 Å². The van der Waals surface area contributed by atoms with E-state index < -0.39 is 10.0 Å². The van der Waals surface area contributed by atoms with Crippen LogP contribution in [0, 0.1) is 6.92 Å². The van der Waals surface area contributed by atoms with Gasteiger partial charge < -0.3 is 4.74 Å². The van der Waals surface area contributed by atoms with Crippen LogP contribution >= 0.6 is 15.9 Å². The number of halogens is 1. The van der Waals surface area contributed by atoms with Gasteiger partial charge in [0.2, 0.25) is 0 Å². The van der Waals surface area contributed by atoms with Gasteiger partial charge in [-0.25, -0.2) is 4.83 Å². The van der Waals surface area contributed by atoms with Crippen molar-refractivity contribution < 1.29 is 13.2 Å². The highest BCUT2D eigenvalue weighted by Gasteiger charge is 2.11. The molecule has 0 saturated carbocycles. The first-order chi connectivity index (χ1) is 13.4. The van der Waals surface area contributed by atoms with Gasteiger partial charge in [0.1, 0.15) is 12.4 Å². The molecule has 0 spiro atoms. The van der Waals surface area contributed by atoms with Gasteiger partial charge in [-0.15, -0.1) is 0 Å². The molecule has 0 amide bonds. The third-order valence-corrected chi connectivity index (χ3v) is 5.68. The smallest absolute Gasteiger partial charge is 0.276 e. The molecular weight excluding hydrogens is 440 g/mol. The first kappa shape index (κ1) is 20.1. The Morgan fingerprint density at radius 3 is 2.25 bits per heavy atom. The Morgan fingerprint density at radius 2 is 1.61 bits per heavy atom. The summed E-state index contributed by atoms with van der Waals surface area (Å²) in [5, 5.41) is 3.84. The third-order valence-electron chi connectivity index (χ3n) is 3.92. The summed E-state index contributed by atoms with van der Waals surface area (Å²) in [6.45, 7) is 2.37. The molecule has 0 bridgehead atoms. The fraction of sp³-hybridized carbons (Fsp3) is 0.0952. The lowest BCUT2D eigenvalue weighted by Crippen LogP contribution is -2.18. The Hall–Kier alpha value is -2.64. The number of rotatable bonds is 7. The van der Waals surface area contributed by atoms with E-state index in [9.17, 15) is 8.42 Å². The maximum absolute atomic E-state index is 12.2. The van der Waals surface area contributed by atoms with Crippen molar-refractivity contribution in [3.8, 4) is 5.75 Å². The molecule has 5 nitrogen and oxygen atoms in total. The fourth-order valence-electron chi connectivity index (χ4n) is 2.34. The van der Waals surface area contributed by atoms with Crippen molar-refractivity contribution in [1.82, 2.24) is 4.83 Å². The van der Waals surface area contributed by atoms with Crippen LogP contribution in [0.5, 0.6) is 5.75 Å². The molecule has 0 saturated heterocycles. The van der Waals surface area contributed by atoms with Crippen LogP contribution in [-0.2, 0) is 16.6 Å². The maximum Gasteiger partial charge on any atom is 0.276 e. The average molecular weight is 459 g/mol. The molecule has 0 unspecified atom stereocenters. The molecule has 1 N–H and O–H groups in total. The molecule has 3 aromatic rings. The minimum absolute atomic E-state index is 0.173. The van der Waals surface area contributed by atoms with Gasteiger partial charge in [-0.2, -0.15) is 13.5 Å². The Kier molecular flexibility index (Phi) is 6.49. The second-order valence-electron chi connectivity index (χ2n) is 6.15. The van der Waals surface area contributed by atoms with Crippen molar-refractivity contribution >= 4 is 32.2 Å². The van der Waals surface area contributed by atoms with Crippen LogP contribution in [0.25, 0.3) is 0 Å². The molecule has 28 heavy (non-hydrogen) atoms. The van der Waals surface area contributed by atoms with E-state index >= 15 is 0 Å². The van der Waals surface area contributed by atoms with Crippen molar-refractivity contribution in [2.75, 3.05) is 0 Å². The van der Waals surface area contributed by atoms with Crippen molar-refractivity contribution in [2.45, 2.75) is 18.4 Å². The van der Waals surface area contributed by atoms with Crippen LogP contribution in [0.15, 0.2) is 87.3 Å². The van der Waals surface area contributed by atoms with Gasteiger partial charge in [0, 0.05) is 4.47 Å². The summed E-state index contributed by atoms with van der Waals surface area (Å²) in [6, 6.07) is 21.7. The summed E-state index contributed by atoms with van der Waals surface area (Å²) in [6.07, 6.45) is 1.45. The van der Waals surface area contributed by atoms with Crippen molar-refractivity contribution in [3.63, 3.8) is 0 Å². The average Bonchev–Trinajstić information content (AvgIpc) is 2.69. The van der Waals surface area contributed by atoms with Crippen LogP contribution in [-0.4, -0.2) is 14.6 Å². The van der Waals surface area contributed by atoms with Crippen LogP contribution < -0.4 is 9.57 Å². The van der Waals surface area contributed by atoms with Gasteiger partial charge in [-0.1, -0.05) is 45.8 Å². The van der Waals surface area contributed by atoms with Gasteiger partial charge in [-0.05, 0) is 66.6 Å². The SMILES string of the molecule is Cc1ccc(S(=O)(=O)NN=Cc2ccc(OCc3ccc(Br)cc3)cc2)cc1. The van der Waals surface area contributed by atoms with E-state index in [-0.39, 0.29) is 4.90 Å². The Morgan fingerprint density at radius 1 is 0.964 bits per heavy atom. The topological polar surface area (TPSA) is 67.8 Å². The second kappa shape index (κ2) is 9.03. The molecule has 0 radical (unpaired) electrons. The first-order valence-electron chi connectivity index (χ1n) is 8.51. The monoisotopic (exact) mass is 458 g/mol. The maximum atomic E-state index is 12.2. The Labute approximate surface area is 173 Å². The van der Waals surface area contributed by atoms with Crippen molar-refractivity contribution in [2.24, 2.45) is 5.10 Å². The van der Waals surface area contributed by atoms with Gasteiger partial charge in [0.25, 0.3) is 10.0 Å². The number of aryl methyl sites for hydroxylation is 1. The van der Waals surface area contributed by atoms with Crippen LogP contribution in [0.3, 0.4) is 0 Å². The van der Waals surface area contributed by atoms with Gasteiger partial charge in [0.15, 0.2) is 0 Å². The van der Waals surface area contributed by atoms with E-state index in [0.29, 0.717) is 6.61 Å². The predicted octanol–water partition coefficient (Wildman–Crippen LogP) is 4.65. The highest BCUT2D eigenvalue weighted by atomic mass is 79.9. The molecule has 0 fully saturated rings. The zero-order valence-corrected chi connectivity index (χ0v) is 17.6. The van der Waals surface area contributed by atoms with Crippen LogP contribution in [0.2, 0.25) is 0 Å². The van der Waals surface area contributed by atoms with Crippen molar-refractivity contribution in [3.05, 3.63) is 94.0 Å². The summed E-state index contributed by atoms with van der Waals surface area (Å²) in [7, 11) is -3.67. The quantitative estimate of drug-likeness (QED) is 0.413. The molecule has 0 aromatic heterocycles. The van der Waals surface area contributed by atoms with E-state index in [1.54, 1.807) is 36.4 Å². The lowest BCUT2D eigenvalue weighted by Gasteiger charge is -2.07. The highest BCUT2D eigenvalue weighted by Crippen LogP contribution is 2.15. The van der Waals surface area contributed by atoms with E-state index in [4.69, 9.17) is 4.74 Å². The molecule has 7 heteroatoms. The van der Waals surface area contributed by atoms with Crippen LogP contribution in [0.4, 0.5) is 0 Å². The Bertz CT molecular complexity index is 1050. The molecule has 0 aliphatic carbocycles. The molecule has 3 aromatic carbocycles. The number of hydrogen-bond acceptors (Lipinski definition) is 4. The van der Waals surface area contributed by atoms with E-state index in [1.807, 2.05) is 43.3 Å². The molecule has 0 aliphatic rings. The van der Waals surface area contributed by atoms with E-state index in [2.05, 4.69) is 25.9 Å². The summed E-state index contributed by atoms with van der Waals surface area (Å²) >= 11 is 3.40. The molecule has 144 valence electrons. The summed E-state index contributed by atoms with van der Waals surface area (Å²) in [5.74, 6) is 0.723. The van der Waals surface area contributed by atoms with E-state index in [1.165, 1.54) is 6.21 Å². The van der Waals surface area contributed by atoms with Gasteiger partial charge in [0.05, 0.1) is 11.1 Å². The predicted molar refractivity (Wildman–Crippen MR) is 114 cm³/mol. The summed E-state index contributed by atoms with van der Waals surface area (Å²) in [4.78, 5) is 2.39. The largest absolute Gasteiger partial charge is 0.489 e. The minimum Gasteiger partial charge on any atom is -0.489 e.